The molecule has 0 aromatic carbocycles. The standard InChI is InChI=1S/C12H18N2O3S2/c1-8-9(2)18-12(14-8)6-11(15)5-10-7-19(16,17)4-3-13-10/h10,13H,3-7H2,1-2H3. The van der Waals surface area contributed by atoms with Gasteiger partial charge in [-0.1, -0.05) is 0 Å². The van der Waals surface area contributed by atoms with E-state index in [1.165, 1.54) is 11.3 Å². The highest BCUT2D eigenvalue weighted by Crippen LogP contribution is 2.18. The van der Waals surface area contributed by atoms with Crippen LogP contribution in [0.5, 0.6) is 0 Å². The fourth-order valence-corrected chi connectivity index (χ4v) is 4.54. The Kier molecular flexibility index (Phi) is 4.37. The number of thiazole rings is 1. The Morgan fingerprint density at radius 3 is 2.79 bits per heavy atom. The van der Waals surface area contributed by atoms with E-state index in [0.29, 0.717) is 13.0 Å². The molecule has 1 aliphatic heterocycles. The lowest BCUT2D eigenvalue weighted by Gasteiger charge is -2.22. The first-order valence-electron chi connectivity index (χ1n) is 6.24. The summed E-state index contributed by atoms with van der Waals surface area (Å²) in [5, 5.41) is 3.91. The molecular weight excluding hydrogens is 284 g/mol. The zero-order valence-corrected chi connectivity index (χ0v) is 12.7. The lowest BCUT2D eigenvalue weighted by atomic mass is 10.1. The van der Waals surface area contributed by atoms with Crippen LogP contribution in [-0.2, 0) is 21.1 Å². The summed E-state index contributed by atoms with van der Waals surface area (Å²) in [4.78, 5) is 17.4. The van der Waals surface area contributed by atoms with Gasteiger partial charge in [-0.15, -0.1) is 11.3 Å². The number of sulfone groups is 1. The SMILES string of the molecule is Cc1nc(CC(=O)CC2CS(=O)(=O)CCN2)sc1C. The van der Waals surface area contributed by atoms with Crippen LogP contribution in [0.1, 0.15) is 22.0 Å². The van der Waals surface area contributed by atoms with Gasteiger partial charge < -0.3 is 5.32 Å². The van der Waals surface area contributed by atoms with Gasteiger partial charge in [-0.2, -0.15) is 0 Å². The van der Waals surface area contributed by atoms with Gasteiger partial charge in [0.15, 0.2) is 9.84 Å². The molecule has 19 heavy (non-hydrogen) atoms. The van der Waals surface area contributed by atoms with Crippen LogP contribution >= 0.6 is 11.3 Å². The number of hydrogen-bond donors (Lipinski definition) is 1. The molecule has 1 unspecified atom stereocenters. The molecule has 1 fully saturated rings. The number of ketones is 1. The van der Waals surface area contributed by atoms with Gasteiger partial charge in [-0.25, -0.2) is 13.4 Å². The third-order valence-corrected chi connectivity index (χ3v) is 6.01. The largest absolute Gasteiger partial charge is 0.312 e. The number of hydrogen-bond acceptors (Lipinski definition) is 6. The Hall–Kier alpha value is -0.790. The molecule has 106 valence electrons. The van der Waals surface area contributed by atoms with Gasteiger partial charge in [0.2, 0.25) is 0 Å². The van der Waals surface area contributed by atoms with Crippen LogP contribution < -0.4 is 5.32 Å². The van der Waals surface area contributed by atoms with E-state index in [2.05, 4.69) is 10.3 Å². The number of aromatic nitrogens is 1. The van der Waals surface area contributed by atoms with Crippen molar-refractivity contribution in [2.24, 2.45) is 0 Å². The molecule has 0 saturated carbocycles. The van der Waals surface area contributed by atoms with Gasteiger partial charge in [-0.3, -0.25) is 4.79 Å². The van der Waals surface area contributed by atoms with E-state index in [4.69, 9.17) is 0 Å². The summed E-state index contributed by atoms with van der Waals surface area (Å²) in [6.45, 7) is 4.35. The summed E-state index contributed by atoms with van der Waals surface area (Å²) in [6, 6.07) is -0.242. The van der Waals surface area contributed by atoms with Gasteiger partial charge in [0.05, 0.1) is 23.6 Å². The Balaban J connectivity index is 1.91. The third kappa shape index (κ3) is 4.09. The molecule has 0 radical (unpaired) electrons. The van der Waals surface area contributed by atoms with Crippen molar-refractivity contribution in [2.45, 2.75) is 32.7 Å². The molecule has 1 aliphatic rings. The molecule has 2 rings (SSSR count). The van der Waals surface area contributed by atoms with Gasteiger partial charge in [0.25, 0.3) is 0 Å². The third-order valence-electron chi connectivity index (χ3n) is 3.20. The minimum Gasteiger partial charge on any atom is -0.312 e. The number of aryl methyl sites for hydroxylation is 2. The van der Waals surface area contributed by atoms with E-state index in [-0.39, 0.29) is 29.8 Å². The number of carbonyl (C=O) groups excluding carboxylic acids is 1. The van der Waals surface area contributed by atoms with Gasteiger partial charge >= 0.3 is 0 Å². The topological polar surface area (TPSA) is 76.1 Å². The molecule has 1 aromatic rings. The number of nitrogens with zero attached hydrogens (tertiary/aromatic N) is 1. The highest BCUT2D eigenvalue weighted by molar-refractivity contribution is 7.91. The monoisotopic (exact) mass is 302 g/mol. The Morgan fingerprint density at radius 1 is 1.47 bits per heavy atom. The van der Waals surface area contributed by atoms with Crippen molar-refractivity contribution >= 4 is 27.0 Å². The van der Waals surface area contributed by atoms with E-state index in [9.17, 15) is 13.2 Å². The van der Waals surface area contributed by atoms with E-state index in [1.807, 2.05) is 13.8 Å². The number of Topliss-reactive ketones (excluding diaryl/α,β-unsaturated/α-hetero) is 1. The van der Waals surface area contributed by atoms with Crippen LogP contribution in [0.15, 0.2) is 0 Å². The van der Waals surface area contributed by atoms with Gasteiger partial charge in [-0.05, 0) is 13.8 Å². The van der Waals surface area contributed by atoms with Crippen molar-refractivity contribution in [3.8, 4) is 0 Å². The van der Waals surface area contributed by atoms with Crippen molar-refractivity contribution in [3.05, 3.63) is 15.6 Å². The van der Waals surface area contributed by atoms with Crippen LogP contribution in [-0.4, -0.2) is 43.3 Å². The van der Waals surface area contributed by atoms with E-state index >= 15 is 0 Å². The Morgan fingerprint density at radius 2 is 2.21 bits per heavy atom. The first-order chi connectivity index (χ1) is 8.85. The van der Waals surface area contributed by atoms with Crippen LogP contribution in [0.25, 0.3) is 0 Å². The van der Waals surface area contributed by atoms with E-state index in [1.54, 1.807) is 0 Å². The fourth-order valence-electron chi connectivity index (χ4n) is 2.13. The van der Waals surface area contributed by atoms with Crippen LogP contribution in [0.3, 0.4) is 0 Å². The summed E-state index contributed by atoms with van der Waals surface area (Å²) in [5.41, 5.74) is 0.964. The molecule has 1 aromatic heterocycles. The lowest BCUT2D eigenvalue weighted by Crippen LogP contribution is -2.46. The Bertz CT molecular complexity index is 558. The summed E-state index contributed by atoms with van der Waals surface area (Å²) < 4.78 is 23.0. The van der Waals surface area contributed by atoms with Crippen molar-refractivity contribution in [3.63, 3.8) is 0 Å². The second-order valence-corrected chi connectivity index (χ2v) is 8.45. The minimum atomic E-state index is -2.98. The smallest absolute Gasteiger partial charge is 0.153 e. The lowest BCUT2D eigenvalue weighted by molar-refractivity contribution is -0.118. The van der Waals surface area contributed by atoms with Crippen LogP contribution in [0, 0.1) is 13.8 Å². The van der Waals surface area contributed by atoms with Crippen LogP contribution in [0.2, 0.25) is 0 Å². The van der Waals surface area contributed by atoms with E-state index in [0.717, 1.165) is 15.6 Å². The normalized spacial score (nSPS) is 22.3. The fraction of sp³-hybridized carbons (Fsp3) is 0.667. The second kappa shape index (κ2) is 5.68. The first kappa shape index (κ1) is 14.6. The molecule has 0 spiro atoms. The second-order valence-electron chi connectivity index (χ2n) is 4.93. The quantitative estimate of drug-likeness (QED) is 0.883. The predicted octanol–water partition coefficient (Wildman–Crippen LogP) is 0.648. The number of rotatable bonds is 4. The summed E-state index contributed by atoms with van der Waals surface area (Å²) in [6.07, 6.45) is 0.564. The summed E-state index contributed by atoms with van der Waals surface area (Å²) in [5.74, 6) is 0.278. The first-order valence-corrected chi connectivity index (χ1v) is 8.88. The Labute approximate surface area is 117 Å². The molecule has 1 atom stereocenters. The van der Waals surface area contributed by atoms with Crippen LogP contribution in [0.4, 0.5) is 0 Å². The average molecular weight is 302 g/mol. The maximum Gasteiger partial charge on any atom is 0.153 e. The van der Waals surface area contributed by atoms with Crippen molar-refractivity contribution in [1.82, 2.24) is 10.3 Å². The van der Waals surface area contributed by atoms with E-state index < -0.39 is 9.84 Å². The number of nitrogens with one attached hydrogen (secondary N) is 1. The van der Waals surface area contributed by atoms with Crippen molar-refractivity contribution in [1.29, 1.82) is 0 Å². The molecule has 2 heterocycles. The molecular formula is C12H18N2O3S2. The summed E-state index contributed by atoms with van der Waals surface area (Å²) in [7, 11) is -2.98. The highest BCUT2D eigenvalue weighted by atomic mass is 32.2. The van der Waals surface area contributed by atoms with Gasteiger partial charge in [0, 0.05) is 23.9 Å². The molecule has 1 N–H and O–H groups in total. The molecule has 1 saturated heterocycles. The molecule has 7 heteroatoms. The predicted molar refractivity (Wildman–Crippen MR) is 75.4 cm³/mol. The van der Waals surface area contributed by atoms with Crippen molar-refractivity contribution < 1.29 is 13.2 Å². The maximum absolute atomic E-state index is 11.9. The highest BCUT2D eigenvalue weighted by Gasteiger charge is 2.26. The van der Waals surface area contributed by atoms with Crippen molar-refractivity contribution in [2.75, 3.05) is 18.1 Å². The molecule has 0 amide bonds. The average Bonchev–Trinajstić information content (AvgIpc) is 2.55. The minimum absolute atomic E-state index is 0.0448. The zero-order chi connectivity index (χ0) is 14.0. The zero-order valence-electron chi connectivity index (χ0n) is 11.1. The summed E-state index contributed by atoms with van der Waals surface area (Å²) >= 11 is 1.53. The molecule has 5 nitrogen and oxygen atoms in total. The van der Waals surface area contributed by atoms with Gasteiger partial charge in [0.1, 0.15) is 10.8 Å². The maximum atomic E-state index is 11.9. The molecule has 0 bridgehead atoms. The molecule has 0 aliphatic carbocycles. The number of carbonyl (C=O) groups is 1.